The van der Waals surface area contributed by atoms with Gasteiger partial charge in [0.1, 0.15) is 5.82 Å². The minimum Gasteiger partial charge on any atom is -0.337 e. The van der Waals surface area contributed by atoms with Crippen molar-refractivity contribution in [1.29, 1.82) is 0 Å². The highest BCUT2D eigenvalue weighted by Crippen LogP contribution is 2.21. The molecule has 1 aliphatic rings. The number of piperazine rings is 1. The Morgan fingerprint density at radius 2 is 2.26 bits per heavy atom. The van der Waals surface area contributed by atoms with E-state index in [2.05, 4.69) is 5.32 Å². The van der Waals surface area contributed by atoms with Gasteiger partial charge >= 0.3 is 0 Å². The second-order valence-corrected chi connectivity index (χ2v) is 5.49. The van der Waals surface area contributed by atoms with Gasteiger partial charge in [0, 0.05) is 35.8 Å². The van der Waals surface area contributed by atoms with Crippen molar-refractivity contribution in [1.82, 2.24) is 10.2 Å². The summed E-state index contributed by atoms with van der Waals surface area (Å²) < 4.78 is 13.7. The Morgan fingerprint density at radius 3 is 2.95 bits per heavy atom. The number of carbonyl (C=O) groups excluding carboxylic acids is 1. The summed E-state index contributed by atoms with van der Waals surface area (Å²) in [5.74, 6) is -0.496. The van der Waals surface area contributed by atoms with Crippen molar-refractivity contribution in [2.24, 2.45) is 0 Å². The fourth-order valence-electron chi connectivity index (χ4n) is 2.32. The van der Waals surface area contributed by atoms with E-state index in [1.54, 1.807) is 17.0 Å². The van der Waals surface area contributed by atoms with Crippen LogP contribution in [-0.4, -0.2) is 36.0 Å². The van der Waals surface area contributed by atoms with Crippen LogP contribution in [0.15, 0.2) is 18.2 Å². The first-order valence-electron chi connectivity index (χ1n) is 6.44. The van der Waals surface area contributed by atoms with E-state index in [4.69, 9.17) is 11.6 Å². The van der Waals surface area contributed by atoms with Gasteiger partial charge in [-0.05, 0) is 26.0 Å². The van der Waals surface area contributed by atoms with Crippen LogP contribution in [0.3, 0.4) is 0 Å². The van der Waals surface area contributed by atoms with Crippen molar-refractivity contribution in [2.75, 3.05) is 13.1 Å². The molecular weight excluding hydrogens is 267 g/mol. The summed E-state index contributed by atoms with van der Waals surface area (Å²) in [4.78, 5) is 14.1. The Balaban J connectivity index is 2.12. The maximum absolute atomic E-state index is 13.7. The molecule has 2 atom stereocenters. The van der Waals surface area contributed by atoms with Crippen LogP contribution in [0.5, 0.6) is 0 Å². The Morgan fingerprint density at radius 1 is 1.53 bits per heavy atom. The SMILES string of the molecule is CC1CN(C(=O)Cc2c(F)cccc2Cl)C(C)CN1. The van der Waals surface area contributed by atoms with Crippen molar-refractivity contribution in [3.8, 4) is 0 Å². The zero-order valence-corrected chi connectivity index (χ0v) is 11.9. The van der Waals surface area contributed by atoms with Crippen molar-refractivity contribution in [3.05, 3.63) is 34.6 Å². The Kier molecular flexibility index (Phi) is 4.42. The largest absolute Gasteiger partial charge is 0.337 e. The predicted octanol–water partition coefficient (Wildman–Crippen LogP) is 2.23. The molecule has 3 nitrogen and oxygen atoms in total. The number of nitrogens with zero attached hydrogens (tertiary/aromatic N) is 1. The standard InChI is InChI=1S/C14H18ClFN2O/c1-9-8-18(10(2)7-17-9)14(19)6-11-12(15)4-3-5-13(11)16/h3-5,9-10,17H,6-8H2,1-2H3. The molecular formula is C14H18ClFN2O. The summed E-state index contributed by atoms with van der Waals surface area (Å²) in [6, 6.07) is 4.86. The molecule has 19 heavy (non-hydrogen) atoms. The number of rotatable bonds is 2. The van der Waals surface area contributed by atoms with E-state index >= 15 is 0 Å². The van der Waals surface area contributed by atoms with Gasteiger partial charge in [-0.1, -0.05) is 17.7 Å². The minimum absolute atomic E-state index is 0.0164. The van der Waals surface area contributed by atoms with Crippen molar-refractivity contribution in [2.45, 2.75) is 32.4 Å². The zero-order chi connectivity index (χ0) is 14.0. The van der Waals surface area contributed by atoms with E-state index in [1.807, 2.05) is 13.8 Å². The van der Waals surface area contributed by atoms with Crippen LogP contribution in [0, 0.1) is 5.82 Å². The predicted molar refractivity (Wildman–Crippen MR) is 73.8 cm³/mol. The second-order valence-electron chi connectivity index (χ2n) is 5.08. The zero-order valence-electron chi connectivity index (χ0n) is 11.1. The molecule has 1 saturated heterocycles. The van der Waals surface area contributed by atoms with Gasteiger partial charge in [-0.25, -0.2) is 4.39 Å². The second kappa shape index (κ2) is 5.88. The first-order chi connectivity index (χ1) is 8.99. The maximum Gasteiger partial charge on any atom is 0.227 e. The van der Waals surface area contributed by atoms with Crippen LogP contribution in [-0.2, 0) is 11.2 Å². The van der Waals surface area contributed by atoms with Gasteiger partial charge in [0.2, 0.25) is 5.91 Å². The highest BCUT2D eigenvalue weighted by atomic mass is 35.5. The highest BCUT2D eigenvalue weighted by Gasteiger charge is 2.27. The number of hydrogen-bond acceptors (Lipinski definition) is 2. The molecule has 1 aromatic carbocycles. The van der Waals surface area contributed by atoms with E-state index in [0.717, 1.165) is 6.54 Å². The lowest BCUT2D eigenvalue weighted by Gasteiger charge is -2.37. The molecule has 2 unspecified atom stereocenters. The minimum atomic E-state index is -0.420. The molecule has 0 aliphatic carbocycles. The molecule has 104 valence electrons. The summed E-state index contributed by atoms with van der Waals surface area (Å²) in [6.45, 7) is 5.42. The first-order valence-corrected chi connectivity index (χ1v) is 6.82. The fourth-order valence-corrected chi connectivity index (χ4v) is 2.55. The molecule has 1 heterocycles. The molecule has 1 N–H and O–H groups in total. The summed E-state index contributed by atoms with van der Waals surface area (Å²) in [5, 5.41) is 3.62. The summed E-state index contributed by atoms with van der Waals surface area (Å²) in [5.41, 5.74) is 0.285. The third kappa shape index (κ3) is 3.25. The molecule has 0 bridgehead atoms. The number of halogens is 2. The van der Waals surface area contributed by atoms with Gasteiger partial charge in [-0.3, -0.25) is 4.79 Å². The average Bonchev–Trinajstić information content (AvgIpc) is 2.37. The van der Waals surface area contributed by atoms with Gasteiger partial charge in [0.15, 0.2) is 0 Å². The summed E-state index contributed by atoms with van der Waals surface area (Å²) >= 11 is 5.95. The Hall–Kier alpha value is -1.13. The van der Waals surface area contributed by atoms with Gasteiger partial charge in [-0.2, -0.15) is 0 Å². The average molecular weight is 285 g/mol. The number of amides is 1. The monoisotopic (exact) mass is 284 g/mol. The van der Waals surface area contributed by atoms with Crippen LogP contribution < -0.4 is 5.32 Å². The van der Waals surface area contributed by atoms with E-state index < -0.39 is 5.82 Å². The molecule has 2 rings (SSSR count). The van der Waals surface area contributed by atoms with Gasteiger partial charge in [0.05, 0.1) is 6.42 Å². The number of carbonyl (C=O) groups is 1. The third-order valence-corrected chi connectivity index (χ3v) is 3.83. The number of benzene rings is 1. The molecule has 0 aromatic heterocycles. The third-order valence-electron chi connectivity index (χ3n) is 3.47. The number of nitrogens with one attached hydrogen (secondary N) is 1. The Bertz CT molecular complexity index is 460. The van der Waals surface area contributed by atoms with Gasteiger partial charge in [-0.15, -0.1) is 0 Å². The van der Waals surface area contributed by atoms with E-state index in [0.29, 0.717) is 11.6 Å². The summed E-state index contributed by atoms with van der Waals surface area (Å²) in [7, 11) is 0. The van der Waals surface area contributed by atoms with Crippen LogP contribution in [0.1, 0.15) is 19.4 Å². The van der Waals surface area contributed by atoms with Crippen molar-refractivity contribution < 1.29 is 9.18 Å². The van der Waals surface area contributed by atoms with Gasteiger partial charge < -0.3 is 10.2 Å². The number of hydrogen-bond donors (Lipinski definition) is 1. The highest BCUT2D eigenvalue weighted by molar-refractivity contribution is 6.31. The summed E-state index contributed by atoms with van der Waals surface area (Å²) in [6.07, 6.45) is 0.0164. The van der Waals surface area contributed by atoms with Crippen LogP contribution >= 0.6 is 11.6 Å². The normalized spacial score (nSPS) is 23.5. The lowest BCUT2D eigenvalue weighted by Crippen LogP contribution is -2.56. The molecule has 1 amide bonds. The van der Waals surface area contributed by atoms with Crippen LogP contribution in [0.4, 0.5) is 4.39 Å². The quantitative estimate of drug-likeness (QED) is 0.903. The Labute approximate surface area is 117 Å². The van der Waals surface area contributed by atoms with E-state index in [-0.39, 0.29) is 30.0 Å². The van der Waals surface area contributed by atoms with Gasteiger partial charge in [0.25, 0.3) is 0 Å². The lowest BCUT2D eigenvalue weighted by molar-refractivity contribution is -0.133. The molecule has 1 fully saturated rings. The fraction of sp³-hybridized carbons (Fsp3) is 0.500. The first kappa shape index (κ1) is 14.3. The van der Waals surface area contributed by atoms with Crippen LogP contribution in [0.2, 0.25) is 5.02 Å². The molecule has 0 radical (unpaired) electrons. The maximum atomic E-state index is 13.7. The lowest BCUT2D eigenvalue weighted by atomic mass is 10.1. The smallest absolute Gasteiger partial charge is 0.227 e. The molecule has 0 saturated carbocycles. The van der Waals surface area contributed by atoms with E-state index in [9.17, 15) is 9.18 Å². The topological polar surface area (TPSA) is 32.3 Å². The molecule has 0 spiro atoms. The van der Waals surface area contributed by atoms with Crippen LogP contribution in [0.25, 0.3) is 0 Å². The van der Waals surface area contributed by atoms with E-state index in [1.165, 1.54) is 6.07 Å². The van der Waals surface area contributed by atoms with Crippen molar-refractivity contribution >= 4 is 17.5 Å². The molecule has 5 heteroatoms. The molecule has 1 aliphatic heterocycles. The molecule has 1 aromatic rings. The van der Waals surface area contributed by atoms with Crippen molar-refractivity contribution in [3.63, 3.8) is 0 Å².